The zero-order valence-corrected chi connectivity index (χ0v) is 33.2. The maximum absolute atomic E-state index is 6.32. The van der Waals surface area contributed by atoms with Crippen molar-refractivity contribution < 1.29 is 8.83 Å². The van der Waals surface area contributed by atoms with Gasteiger partial charge in [-0.2, -0.15) is 9.97 Å². The highest BCUT2D eigenvalue weighted by atomic mass is 16.3. The molecule has 4 heterocycles. The summed E-state index contributed by atoms with van der Waals surface area (Å²) in [7, 11) is 0. The molecule has 8 aromatic carbocycles. The number of hydrogen-bond acceptors (Lipinski definition) is 6. The molecule has 0 bridgehead atoms. The van der Waals surface area contributed by atoms with Crippen LogP contribution in [-0.2, 0) is 0 Å². The highest BCUT2D eigenvalue weighted by Gasteiger charge is 2.20. The Morgan fingerprint density at radius 3 is 1.10 bits per heavy atom. The topological polar surface area (TPSA) is 77.8 Å². The maximum Gasteiger partial charge on any atom is 0.231 e. The summed E-state index contributed by atoms with van der Waals surface area (Å²) in [4.78, 5) is 20.2. The number of hydrogen-bond donors (Lipinski definition) is 0. The average molecular weight is 795 g/mol. The molecule has 6 nitrogen and oxygen atoms in total. The number of fused-ring (bicyclic) bond motifs is 6. The summed E-state index contributed by atoms with van der Waals surface area (Å²) in [6, 6.07) is 70.9. The summed E-state index contributed by atoms with van der Waals surface area (Å²) in [5, 5.41) is 3.82. The lowest BCUT2D eigenvalue weighted by molar-refractivity contribution is 0.653. The summed E-state index contributed by atoms with van der Waals surface area (Å²) < 4.78 is 12.6. The van der Waals surface area contributed by atoms with Crippen LogP contribution in [0.25, 0.3) is 123 Å². The van der Waals surface area contributed by atoms with Gasteiger partial charge >= 0.3 is 0 Å². The Morgan fingerprint density at radius 2 is 0.597 bits per heavy atom. The normalized spacial score (nSPS) is 11.5. The van der Waals surface area contributed by atoms with E-state index in [1.54, 1.807) is 0 Å². The van der Waals surface area contributed by atoms with Crippen molar-refractivity contribution in [1.29, 1.82) is 0 Å². The largest absolute Gasteiger partial charge is 0.438 e. The predicted octanol–water partition coefficient (Wildman–Crippen LogP) is 14.7. The molecule has 4 aromatic heterocycles. The lowest BCUT2D eigenvalue weighted by Crippen LogP contribution is -1.94. The molecule has 290 valence electrons. The van der Waals surface area contributed by atoms with Crippen LogP contribution in [0.3, 0.4) is 0 Å². The molecule has 12 rings (SSSR count). The van der Waals surface area contributed by atoms with Crippen molar-refractivity contribution >= 4 is 44.1 Å². The van der Waals surface area contributed by atoms with E-state index in [4.69, 9.17) is 28.8 Å². The Balaban J connectivity index is 0.905. The SMILES string of the molecule is c1ccc(-c2nc(-c3cccc(-c4cccc(-c5cccc(-c6cccc(-c7nc(-c8ccccc8)c8c(n7)oc7ccccc78)c6)c5)c4)c3)c3c(n2)oc2ccccc23)cc1. The van der Waals surface area contributed by atoms with Gasteiger partial charge in [0.25, 0.3) is 0 Å². The number of para-hydroxylation sites is 2. The summed E-state index contributed by atoms with van der Waals surface area (Å²) >= 11 is 0. The zero-order valence-electron chi connectivity index (χ0n) is 33.2. The standard InChI is InChI=1S/C56H34N4O2/c1-3-15-35(16-4-1)51-49-45-27-7-9-29-47(45)61-55(49)60-54(57-51)44-26-14-24-42(34-44)40-22-12-20-38(32-40)37-19-11-21-39(31-37)41-23-13-25-43(33-41)52-50-46-28-8-10-30-48(46)62-56(50)59-53(58-52)36-17-5-2-6-18-36/h1-34H. The second-order valence-corrected chi connectivity index (χ2v) is 15.4. The second-order valence-electron chi connectivity index (χ2n) is 15.4. The Bertz CT molecular complexity index is 3650. The maximum atomic E-state index is 6.32. The van der Waals surface area contributed by atoms with Gasteiger partial charge in [0.1, 0.15) is 11.2 Å². The Morgan fingerprint density at radius 1 is 0.258 bits per heavy atom. The first-order valence-electron chi connectivity index (χ1n) is 20.6. The van der Waals surface area contributed by atoms with E-state index < -0.39 is 0 Å². The van der Waals surface area contributed by atoms with Crippen LogP contribution in [0.15, 0.2) is 215 Å². The summed E-state index contributed by atoms with van der Waals surface area (Å²) in [6.45, 7) is 0. The first-order valence-corrected chi connectivity index (χ1v) is 20.6. The van der Waals surface area contributed by atoms with Crippen molar-refractivity contribution in [3.8, 4) is 78.7 Å². The van der Waals surface area contributed by atoms with Crippen LogP contribution in [0.5, 0.6) is 0 Å². The first-order chi connectivity index (χ1) is 30.7. The molecule has 6 heteroatoms. The fourth-order valence-corrected chi connectivity index (χ4v) is 8.55. The summed E-state index contributed by atoms with van der Waals surface area (Å²) in [6.07, 6.45) is 0. The van der Waals surface area contributed by atoms with Crippen LogP contribution in [-0.4, -0.2) is 19.9 Å². The summed E-state index contributed by atoms with van der Waals surface area (Å²) in [5.74, 6) is 1.24. The highest BCUT2D eigenvalue weighted by Crippen LogP contribution is 2.40. The van der Waals surface area contributed by atoms with Crippen LogP contribution in [0.1, 0.15) is 0 Å². The van der Waals surface area contributed by atoms with Crippen LogP contribution in [0.4, 0.5) is 0 Å². The molecule has 0 atom stereocenters. The number of furan rings is 2. The van der Waals surface area contributed by atoms with Gasteiger partial charge in [0.15, 0.2) is 11.6 Å². The Kier molecular flexibility index (Phi) is 8.38. The third-order valence-electron chi connectivity index (χ3n) is 11.5. The van der Waals surface area contributed by atoms with Gasteiger partial charge < -0.3 is 8.83 Å². The molecule has 0 aliphatic carbocycles. The predicted molar refractivity (Wildman–Crippen MR) is 250 cm³/mol. The van der Waals surface area contributed by atoms with E-state index in [2.05, 4.69) is 121 Å². The van der Waals surface area contributed by atoms with Gasteiger partial charge in [0, 0.05) is 33.0 Å². The minimum absolute atomic E-state index is 0.574. The lowest BCUT2D eigenvalue weighted by Gasteiger charge is -2.11. The number of aromatic nitrogens is 4. The van der Waals surface area contributed by atoms with Gasteiger partial charge in [-0.25, -0.2) is 9.97 Å². The third kappa shape index (κ3) is 6.21. The molecule has 0 aliphatic heterocycles. The number of nitrogens with zero attached hydrogens (tertiary/aromatic N) is 4. The Labute approximate surface area is 356 Å². The molecule has 0 saturated heterocycles. The average Bonchev–Trinajstić information content (AvgIpc) is 3.93. The van der Waals surface area contributed by atoms with Gasteiger partial charge in [-0.05, 0) is 69.8 Å². The molecular weight excluding hydrogens is 761 g/mol. The van der Waals surface area contributed by atoms with Crippen LogP contribution in [0, 0.1) is 0 Å². The van der Waals surface area contributed by atoms with E-state index in [1.165, 1.54) is 0 Å². The molecule has 62 heavy (non-hydrogen) atoms. The van der Waals surface area contributed by atoms with Crippen molar-refractivity contribution in [2.45, 2.75) is 0 Å². The first kappa shape index (κ1) is 35.5. The molecule has 0 fully saturated rings. The molecule has 0 radical (unpaired) electrons. The van der Waals surface area contributed by atoms with Crippen molar-refractivity contribution in [2.24, 2.45) is 0 Å². The van der Waals surface area contributed by atoms with Crippen LogP contribution in [0.2, 0.25) is 0 Å². The van der Waals surface area contributed by atoms with E-state index in [0.29, 0.717) is 23.1 Å². The molecule has 0 saturated carbocycles. The monoisotopic (exact) mass is 794 g/mol. The molecule has 0 amide bonds. The lowest BCUT2D eigenvalue weighted by atomic mass is 9.94. The smallest absolute Gasteiger partial charge is 0.231 e. The van der Waals surface area contributed by atoms with E-state index in [9.17, 15) is 0 Å². The summed E-state index contributed by atoms with van der Waals surface area (Å²) in [5.41, 5.74) is 14.9. The van der Waals surface area contributed by atoms with Gasteiger partial charge in [-0.15, -0.1) is 0 Å². The van der Waals surface area contributed by atoms with Crippen LogP contribution >= 0.6 is 0 Å². The van der Waals surface area contributed by atoms with Gasteiger partial charge in [-0.3, -0.25) is 0 Å². The van der Waals surface area contributed by atoms with Gasteiger partial charge in [0.05, 0.1) is 22.2 Å². The van der Waals surface area contributed by atoms with E-state index in [-0.39, 0.29) is 0 Å². The van der Waals surface area contributed by atoms with E-state index in [0.717, 1.165) is 99.7 Å². The van der Waals surface area contributed by atoms with Gasteiger partial charge in [0.2, 0.25) is 11.4 Å². The molecule has 0 N–H and O–H groups in total. The van der Waals surface area contributed by atoms with Crippen molar-refractivity contribution in [1.82, 2.24) is 19.9 Å². The number of benzene rings is 8. The Hall–Kier alpha value is -8.48. The van der Waals surface area contributed by atoms with Crippen molar-refractivity contribution in [3.63, 3.8) is 0 Å². The molecule has 0 spiro atoms. The van der Waals surface area contributed by atoms with Crippen molar-refractivity contribution in [3.05, 3.63) is 206 Å². The van der Waals surface area contributed by atoms with Gasteiger partial charge in [-0.1, -0.05) is 170 Å². The quantitative estimate of drug-likeness (QED) is 0.160. The molecule has 0 aliphatic rings. The molecular formula is C56H34N4O2. The zero-order chi connectivity index (χ0) is 41.0. The fourth-order valence-electron chi connectivity index (χ4n) is 8.55. The van der Waals surface area contributed by atoms with E-state index >= 15 is 0 Å². The highest BCUT2D eigenvalue weighted by molar-refractivity contribution is 6.11. The van der Waals surface area contributed by atoms with E-state index in [1.807, 2.05) is 84.9 Å². The number of rotatable bonds is 7. The fraction of sp³-hybridized carbons (Fsp3) is 0. The van der Waals surface area contributed by atoms with Crippen molar-refractivity contribution in [2.75, 3.05) is 0 Å². The third-order valence-corrected chi connectivity index (χ3v) is 11.5. The second kappa shape index (κ2) is 14.7. The minimum atomic E-state index is 0.574. The molecule has 0 unspecified atom stereocenters. The molecule has 12 aromatic rings. The minimum Gasteiger partial charge on any atom is -0.438 e. The van der Waals surface area contributed by atoms with Crippen LogP contribution < -0.4 is 0 Å².